The van der Waals surface area contributed by atoms with E-state index in [0.717, 1.165) is 35.9 Å². The van der Waals surface area contributed by atoms with Gasteiger partial charge in [-0.25, -0.2) is 0 Å². The maximum atomic E-state index is 12.3. The van der Waals surface area contributed by atoms with Crippen LogP contribution in [0.5, 0.6) is 0 Å². The van der Waals surface area contributed by atoms with Gasteiger partial charge in [-0.05, 0) is 44.0 Å². The van der Waals surface area contributed by atoms with Crippen LogP contribution in [0.3, 0.4) is 0 Å². The number of aryl methyl sites for hydroxylation is 2. The summed E-state index contributed by atoms with van der Waals surface area (Å²) >= 11 is 0. The number of aromatic amines is 1. The number of nitrogens with zero attached hydrogens (tertiary/aromatic N) is 1. The van der Waals surface area contributed by atoms with Crippen LogP contribution in [-0.2, 0) is 0 Å². The molecule has 0 radical (unpaired) electrons. The van der Waals surface area contributed by atoms with Crippen molar-refractivity contribution in [2.45, 2.75) is 33.6 Å². The van der Waals surface area contributed by atoms with Gasteiger partial charge in [-0.2, -0.15) is 0 Å². The van der Waals surface area contributed by atoms with Crippen molar-refractivity contribution in [2.75, 3.05) is 13.6 Å². The van der Waals surface area contributed by atoms with Gasteiger partial charge in [0.1, 0.15) is 0 Å². The molecule has 0 fully saturated rings. The predicted octanol–water partition coefficient (Wildman–Crippen LogP) is 3.66. The summed E-state index contributed by atoms with van der Waals surface area (Å²) in [7, 11) is 1.87. The third-order valence-corrected chi connectivity index (χ3v) is 3.75. The Bertz CT molecular complexity index is 598. The number of H-pyrrole nitrogens is 1. The second-order valence-corrected chi connectivity index (χ2v) is 5.22. The highest BCUT2D eigenvalue weighted by atomic mass is 16.2. The summed E-state index contributed by atoms with van der Waals surface area (Å²) < 4.78 is 0. The highest BCUT2D eigenvalue weighted by Gasteiger charge is 2.13. The summed E-state index contributed by atoms with van der Waals surface area (Å²) in [6.07, 6.45) is 2.15. The Labute approximate surface area is 114 Å². The molecule has 1 aromatic carbocycles. The van der Waals surface area contributed by atoms with Gasteiger partial charge in [-0.3, -0.25) is 4.79 Å². The molecular formula is C16H22N2O. The number of fused-ring (bicyclic) bond motifs is 1. The molecule has 1 amide bonds. The summed E-state index contributed by atoms with van der Waals surface area (Å²) in [4.78, 5) is 17.5. The molecule has 1 N–H and O–H groups in total. The second kappa shape index (κ2) is 5.47. The van der Waals surface area contributed by atoms with E-state index in [0.29, 0.717) is 0 Å². The van der Waals surface area contributed by atoms with E-state index >= 15 is 0 Å². The van der Waals surface area contributed by atoms with Crippen LogP contribution in [0.2, 0.25) is 0 Å². The fourth-order valence-corrected chi connectivity index (χ4v) is 2.31. The molecule has 19 heavy (non-hydrogen) atoms. The van der Waals surface area contributed by atoms with Gasteiger partial charge in [0.05, 0.1) is 0 Å². The van der Waals surface area contributed by atoms with E-state index in [-0.39, 0.29) is 5.91 Å². The summed E-state index contributed by atoms with van der Waals surface area (Å²) in [6.45, 7) is 7.10. The number of hydrogen-bond acceptors (Lipinski definition) is 1. The SMILES string of the molecule is CCCCN(C)C(=O)c1ccc2[nH]c(C)c(C)c2c1. The molecule has 102 valence electrons. The molecule has 3 nitrogen and oxygen atoms in total. The largest absolute Gasteiger partial charge is 0.358 e. The molecule has 1 aromatic heterocycles. The first-order valence-electron chi connectivity index (χ1n) is 6.89. The molecule has 0 atom stereocenters. The number of hydrogen-bond donors (Lipinski definition) is 1. The summed E-state index contributed by atoms with van der Waals surface area (Å²) in [5.74, 6) is 0.105. The third kappa shape index (κ3) is 2.65. The van der Waals surface area contributed by atoms with Crippen LogP contribution < -0.4 is 0 Å². The highest BCUT2D eigenvalue weighted by Crippen LogP contribution is 2.22. The smallest absolute Gasteiger partial charge is 0.253 e. The number of unbranched alkanes of at least 4 members (excludes halogenated alkanes) is 1. The molecule has 0 aliphatic carbocycles. The first kappa shape index (κ1) is 13.7. The minimum absolute atomic E-state index is 0.105. The number of benzene rings is 1. The van der Waals surface area contributed by atoms with Crippen molar-refractivity contribution >= 4 is 16.8 Å². The summed E-state index contributed by atoms with van der Waals surface area (Å²) in [5.41, 5.74) is 4.26. The molecule has 0 bridgehead atoms. The predicted molar refractivity (Wildman–Crippen MR) is 79.6 cm³/mol. The van der Waals surface area contributed by atoms with E-state index in [4.69, 9.17) is 0 Å². The van der Waals surface area contributed by atoms with E-state index < -0.39 is 0 Å². The van der Waals surface area contributed by atoms with Crippen molar-refractivity contribution in [1.29, 1.82) is 0 Å². The van der Waals surface area contributed by atoms with Crippen LogP contribution in [0.25, 0.3) is 10.9 Å². The zero-order valence-corrected chi connectivity index (χ0v) is 12.2. The molecule has 1 heterocycles. The van der Waals surface area contributed by atoms with Crippen LogP contribution in [0.15, 0.2) is 18.2 Å². The van der Waals surface area contributed by atoms with Crippen molar-refractivity contribution in [2.24, 2.45) is 0 Å². The van der Waals surface area contributed by atoms with Gasteiger partial charge in [0, 0.05) is 35.8 Å². The molecule has 2 rings (SSSR count). The van der Waals surface area contributed by atoms with Crippen LogP contribution in [0.1, 0.15) is 41.4 Å². The first-order chi connectivity index (χ1) is 9.04. The maximum absolute atomic E-state index is 12.3. The molecule has 0 saturated carbocycles. The van der Waals surface area contributed by atoms with Crippen LogP contribution in [0.4, 0.5) is 0 Å². The standard InChI is InChI=1S/C16H22N2O/c1-5-6-9-18(4)16(19)13-7-8-15-14(10-13)11(2)12(3)17-15/h7-8,10,17H,5-6,9H2,1-4H3. The number of nitrogens with one attached hydrogen (secondary N) is 1. The number of aromatic nitrogens is 1. The Balaban J connectivity index is 2.30. The van der Waals surface area contributed by atoms with E-state index in [1.165, 1.54) is 11.3 Å². The Hall–Kier alpha value is -1.77. The summed E-state index contributed by atoms with van der Waals surface area (Å²) in [5, 5.41) is 1.15. The number of amides is 1. The van der Waals surface area contributed by atoms with Crippen molar-refractivity contribution in [1.82, 2.24) is 9.88 Å². The lowest BCUT2D eigenvalue weighted by atomic mass is 10.1. The van der Waals surface area contributed by atoms with Gasteiger partial charge < -0.3 is 9.88 Å². The first-order valence-corrected chi connectivity index (χ1v) is 6.89. The van der Waals surface area contributed by atoms with Gasteiger partial charge in [-0.15, -0.1) is 0 Å². The molecule has 2 aromatic rings. The number of carbonyl (C=O) groups excluding carboxylic acids is 1. The van der Waals surface area contributed by atoms with Crippen LogP contribution in [0, 0.1) is 13.8 Å². The van der Waals surface area contributed by atoms with Crippen molar-refractivity contribution in [3.8, 4) is 0 Å². The minimum atomic E-state index is 0.105. The Morgan fingerprint density at radius 3 is 2.74 bits per heavy atom. The van der Waals surface area contributed by atoms with Crippen molar-refractivity contribution in [3.05, 3.63) is 35.0 Å². The zero-order chi connectivity index (χ0) is 14.0. The van der Waals surface area contributed by atoms with Gasteiger partial charge in [0.15, 0.2) is 0 Å². The molecule has 0 aliphatic rings. The maximum Gasteiger partial charge on any atom is 0.253 e. The van der Waals surface area contributed by atoms with E-state index in [1.54, 1.807) is 4.90 Å². The number of rotatable bonds is 4. The Morgan fingerprint density at radius 2 is 2.05 bits per heavy atom. The fraction of sp³-hybridized carbons (Fsp3) is 0.438. The summed E-state index contributed by atoms with van der Waals surface area (Å²) in [6, 6.07) is 5.90. The average Bonchev–Trinajstić information content (AvgIpc) is 2.70. The molecule has 0 aliphatic heterocycles. The van der Waals surface area contributed by atoms with E-state index in [2.05, 4.69) is 25.8 Å². The lowest BCUT2D eigenvalue weighted by Gasteiger charge is -2.16. The lowest BCUT2D eigenvalue weighted by Crippen LogP contribution is -2.27. The third-order valence-electron chi connectivity index (χ3n) is 3.75. The monoisotopic (exact) mass is 258 g/mol. The zero-order valence-electron chi connectivity index (χ0n) is 12.2. The molecule has 0 unspecified atom stereocenters. The fourth-order valence-electron chi connectivity index (χ4n) is 2.31. The van der Waals surface area contributed by atoms with Gasteiger partial charge in [0.2, 0.25) is 0 Å². The van der Waals surface area contributed by atoms with Gasteiger partial charge in [-0.1, -0.05) is 13.3 Å². The van der Waals surface area contributed by atoms with Crippen molar-refractivity contribution in [3.63, 3.8) is 0 Å². The molecule has 0 spiro atoms. The minimum Gasteiger partial charge on any atom is -0.358 e. The second-order valence-electron chi connectivity index (χ2n) is 5.22. The van der Waals surface area contributed by atoms with Gasteiger partial charge in [0.25, 0.3) is 5.91 Å². The van der Waals surface area contributed by atoms with E-state index in [1.807, 2.05) is 25.2 Å². The van der Waals surface area contributed by atoms with E-state index in [9.17, 15) is 4.79 Å². The highest BCUT2D eigenvalue weighted by molar-refractivity contribution is 5.98. The number of carbonyl (C=O) groups is 1. The van der Waals surface area contributed by atoms with Gasteiger partial charge >= 0.3 is 0 Å². The van der Waals surface area contributed by atoms with Crippen LogP contribution in [-0.4, -0.2) is 29.4 Å². The topological polar surface area (TPSA) is 36.1 Å². The molecular weight excluding hydrogens is 236 g/mol. The van der Waals surface area contributed by atoms with Crippen LogP contribution >= 0.6 is 0 Å². The lowest BCUT2D eigenvalue weighted by molar-refractivity contribution is 0.0793. The Kier molecular flexibility index (Phi) is 3.93. The van der Waals surface area contributed by atoms with Crippen molar-refractivity contribution < 1.29 is 4.79 Å². The molecule has 3 heteroatoms. The quantitative estimate of drug-likeness (QED) is 0.892. The average molecular weight is 258 g/mol. The normalized spacial score (nSPS) is 10.9. The molecule has 0 saturated heterocycles. The Morgan fingerprint density at radius 1 is 1.32 bits per heavy atom.